The van der Waals surface area contributed by atoms with Gasteiger partial charge in [0.25, 0.3) is 5.91 Å². The van der Waals surface area contributed by atoms with Gasteiger partial charge in [-0.05, 0) is 29.8 Å². The number of aromatic nitrogens is 2. The van der Waals surface area contributed by atoms with Crippen LogP contribution in [0.1, 0.15) is 22.1 Å². The van der Waals surface area contributed by atoms with Gasteiger partial charge in [-0.15, -0.1) is 0 Å². The van der Waals surface area contributed by atoms with Crippen LogP contribution in [0.3, 0.4) is 0 Å². The Kier molecular flexibility index (Phi) is 7.42. The molecule has 0 saturated carbocycles. The molecular formula is C24H26N4O7. The molecule has 1 aliphatic heterocycles. The van der Waals surface area contributed by atoms with Gasteiger partial charge in [-0.3, -0.25) is 9.36 Å². The number of carbonyl (C=O) groups excluding carboxylic acids is 1. The minimum absolute atomic E-state index is 0.0472. The Labute approximate surface area is 200 Å². The van der Waals surface area contributed by atoms with Crippen LogP contribution in [0, 0.1) is 0 Å². The third kappa shape index (κ3) is 5.33. The number of anilines is 1. The number of rotatable bonds is 8. The van der Waals surface area contributed by atoms with Crippen molar-refractivity contribution < 1.29 is 29.2 Å². The van der Waals surface area contributed by atoms with E-state index in [9.17, 15) is 19.8 Å². The zero-order valence-electron chi connectivity index (χ0n) is 18.9. The molecule has 0 unspecified atom stereocenters. The van der Waals surface area contributed by atoms with Crippen molar-refractivity contribution in [2.24, 2.45) is 0 Å². The third-order valence-electron chi connectivity index (χ3n) is 5.62. The van der Waals surface area contributed by atoms with E-state index in [1.165, 1.54) is 13.3 Å². The van der Waals surface area contributed by atoms with Crippen LogP contribution in [0.15, 0.2) is 65.6 Å². The second kappa shape index (κ2) is 10.7. The fraction of sp³-hybridized carbons (Fsp3) is 0.292. The molecule has 3 aromatic rings. The molecule has 0 radical (unpaired) electrons. The van der Waals surface area contributed by atoms with Crippen molar-refractivity contribution in [1.29, 1.82) is 0 Å². The van der Waals surface area contributed by atoms with Gasteiger partial charge in [-0.25, -0.2) is 4.79 Å². The molecule has 0 bridgehead atoms. The van der Waals surface area contributed by atoms with Crippen molar-refractivity contribution in [2.75, 3.05) is 19.5 Å². The maximum atomic E-state index is 12.8. The molecule has 35 heavy (non-hydrogen) atoms. The van der Waals surface area contributed by atoms with Gasteiger partial charge in [0.15, 0.2) is 6.23 Å². The van der Waals surface area contributed by atoms with Gasteiger partial charge in [-0.1, -0.05) is 30.3 Å². The molecular weight excluding hydrogens is 456 g/mol. The fourth-order valence-corrected chi connectivity index (χ4v) is 3.76. The van der Waals surface area contributed by atoms with E-state index in [1.54, 1.807) is 12.1 Å². The Hall–Kier alpha value is -3.77. The van der Waals surface area contributed by atoms with Crippen molar-refractivity contribution in [3.05, 3.63) is 82.4 Å². The number of nitrogens with one attached hydrogen (secondary N) is 1. The number of aliphatic hydroxyl groups excluding tert-OH is 2. The lowest BCUT2D eigenvalue weighted by molar-refractivity contribution is -0.0625. The summed E-state index contributed by atoms with van der Waals surface area (Å²) in [5.41, 5.74) is 5.81. The largest absolute Gasteiger partial charge is 0.457 e. The average Bonchev–Trinajstić information content (AvgIpc) is 3.19. The number of benzene rings is 2. The first-order chi connectivity index (χ1) is 16.9. The molecule has 0 spiro atoms. The summed E-state index contributed by atoms with van der Waals surface area (Å²) < 4.78 is 17.6. The topological polar surface area (TPSA) is 158 Å². The summed E-state index contributed by atoms with van der Waals surface area (Å²) in [5.74, 6) is 0.562. The van der Waals surface area contributed by atoms with E-state index in [4.69, 9.17) is 19.9 Å². The van der Waals surface area contributed by atoms with Crippen LogP contribution in [0.25, 0.3) is 0 Å². The number of methoxy groups -OCH3 is 1. The van der Waals surface area contributed by atoms with Crippen molar-refractivity contribution in [3.8, 4) is 11.5 Å². The highest BCUT2D eigenvalue weighted by Crippen LogP contribution is 2.30. The van der Waals surface area contributed by atoms with Crippen LogP contribution in [0.4, 0.5) is 5.82 Å². The quantitative estimate of drug-likeness (QED) is 0.365. The van der Waals surface area contributed by atoms with Crippen LogP contribution in [-0.2, 0) is 16.0 Å². The van der Waals surface area contributed by atoms with E-state index in [-0.39, 0.29) is 17.9 Å². The predicted molar refractivity (Wildman–Crippen MR) is 125 cm³/mol. The smallest absolute Gasteiger partial charge is 0.351 e. The number of hydrogen-bond donors (Lipinski definition) is 4. The summed E-state index contributed by atoms with van der Waals surface area (Å²) >= 11 is 0. The van der Waals surface area contributed by atoms with E-state index in [2.05, 4.69) is 10.3 Å². The highest BCUT2D eigenvalue weighted by atomic mass is 16.6. The lowest BCUT2D eigenvalue weighted by Crippen LogP contribution is -2.38. The lowest BCUT2D eigenvalue weighted by Gasteiger charge is -2.21. The minimum atomic E-state index is -1.18. The SMILES string of the molecule is CO[C@@H]1[C@@H](O)[C@@H](CO)O[C@H]1n1cc(C(=O)NCc2ccc(Oc3ccccc3)cc2)c(N)nc1=O. The third-order valence-corrected chi connectivity index (χ3v) is 5.62. The maximum Gasteiger partial charge on any atom is 0.351 e. The van der Waals surface area contributed by atoms with E-state index in [0.29, 0.717) is 11.5 Å². The average molecular weight is 482 g/mol. The summed E-state index contributed by atoms with van der Waals surface area (Å²) in [4.78, 5) is 29.0. The van der Waals surface area contributed by atoms with E-state index in [0.717, 1.165) is 10.1 Å². The summed E-state index contributed by atoms with van der Waals surface area (Å²) in [5, 5.41) is 22.4. The maximum absolute atomic E-state index is 12.8. The number of nitrogens with two attached hydrogens (primary N) is 1. The van der Waals surface area contributed by atoms with Crippen molar-refractivity contribution in [1.82, 2.24) is 14.9 Å². The molecule has 11 heteroatoms. The van der Waals surface area contributed by atoms with Crippen molar-refractivity contribution in [3.63, 3.8) is 0 Å². The van der Waals surface area contributed by atoms with Crippen molar-refractivity contribution in [2.45, 2.75) is 31.1 Å². The zero-order valence-corrected chi connectivity index (χ0v) is 18.9. The Morgan fingerprint density at radius 3 is 2.51 bits per heavy atom. The molecule has 1 aromatic heterocycles. The second-order valence-corrected chi connectivity index (χ2v) is 7.91. The molecule has 4 atom stereocenters. The number of amides is 1. The van der Waals surface area contributed by atoms with Crippen LogP contribution < -0.4 is 21.5 Å². The van der Waals surface area contributed by atoms with Crippen LogP contribution >= 0.6 is 0 Å². The Balaban J connectivity index is 1.45. The molecule has 2 heterocycles. The first-order valence-corrected chi connectivity index (χ1v) is 10.9. The molecule has 184 valence electrons. The van der Waals surface area contributed by atoms with Gasteiger partial charge in [-0.2, -0.15) is 4.98 Å². The summed E-state index contributed by atoms with van der Waals surface area (Å²) in [6.45, 7) is -0.286. The first-order valence-electron chi connectivity index (χ1n) is 10.9. The van der Waals surface area contributed by atoms with Gasteiger partial charge in [0.05, 0.1) is 12.2 Å². The van der Waals surface area contributed by atoms with Gasteiger partial charge in [0.1, 0.15) is 35.6 Å². The summed E-state index contributed by atoms with van der Waals surface area (Å²) in [6, 6.07) is 16.6. The van der Waals surface area contributed by atoms with Gasteiger partial charge < -0.3 is 35.5 Å². The first kappa shape index (κ1) is 24.4. The van der Waals surface area contributed by atoms with E-state index >= 15 is 0 Å². The zero-order chi connectivity index (χ0) is 24.9. The molecule has 11 nitrogen and oxygen atoms in total. The minimum Gasteiger partial charge on any atom is -0.457 e. The molecule has 0 aliphatic carbocycles. The van der Waals surface area contributed by atoms with Gasteiger partial charge in [0.2, 0.25) is 0 Å². The number of ether oxygens (including phenoxy) is 3. The molecule has 1 aliphatic rings. The molecule has 1 saturated heterocycles. The van der Waals surface area contributed by atoms with Crippen LogP contribution in [0.5, 0.6) is 11.5 Å². The van der Waals surface area contributed by atoms with Gasteiger partial charge >= 0.3 is 5.69 Å². The van der Waals surface area contributed by atoms with Gasteiger partial charge in [0, 0.05) is 19.9 Å². The molecule has 4 rings (SSSR count). The Bertz CT molecular complexity index is 1220. The van der Waals surface area contributed by atoms with Crippen molar-refractivity contribution >= 4 is 11.7 Å². The standard InChI is InChI=1S/C24H26N4O7/c1-33-20-19(30)18(13-29)35-23(20)28-12-17(21(25)27-24(28)32)22(31)26-11-14-7-9-16(10-8-14)34-15-5-3-2-4-6-15/h2-10,12,18-20,23,29-30H,11,13H2,1H3,(H,26,31)(H2,25,27,32)/t18-,19+,20-,23-/m1/s1. The second-order valence-electron chi connectivity index (χ2n) is 7.91. The molecule has 5 N–H and O–H groups in total. The highest BCUT2D eigenvalue weighted by Gasteiger charge is 2.45. The van der Waals surface area contributed by atoms with E-state index < -0.39 is 42.7 Å². The Morgan fingerprint density at radius 2 is 1.86 bits per heavy atom. The molecule has 1 amide bonds. The normalized spacial score (nSPS) is 21.6. The number of nitrogens with zero attached hydrogens (tertiary/aromatic N) is 2. The van der Waals surface area contributed by atoms with E-state index in [1.807, 2.05) is 42.5 Å². The number of para-hydroxylation sites is 1. The molecule has 2 aromatic carbocycles. The number of aliphatic hydroxyl groups is 2. The lowest BCUT2D eigenvalue weighted by atomic mass is 10.1. The predicted octanol–water partition coefficient (Wildman–Crippen LogP) is 0.813. The number of carbonyl (C=O) groups is 1. The highest BCUT2D eigenvalue weighted by molar-refractivity contribution is 5.97. The molecule has 1 fully saturated rings. The fourth-order valence-electron chi connectivity index (χ4n) is 3.76. The number of nitrogen functional groups attached to an aromatic ring is 1. The Morgan fingerprint density at radius 1 is 1.17 bits per heavy atom. The summed E-state index contributed by atoms with van der Waals surface area (Å²) in [6.07, 6.45) is -2.98. The monoisotopic (exact) mass is 482 g/mol. The van der Waals surface area contributed by atoms with Crippen LogP contribution in [0.2, 0.25) is 0 Å². The van der Waals surface area contributed by atoms with Crippen LogP contribution in [-0.4, -0.2) is 57.7 Å². The number of hydrogen-bond acceptors (Lipinski definition) is 9. The summed E-state index contributed by atoms with van der Waals surface area (Å²) in [7, 11) is 1.34.